The summed E-state index contributed by atoms with van der Waals surface area (Å²) < 4.78 is 7.22. The molecule has 6 heteroatoms. The summed E-state index contributed by atoms with van der Waals surface area (Å²) in [5.41, 5.74) is -0.0896. The molecular weight excluding hydrogens is 318 g/mol. The van der Waals surface area contributed by atoms with Gasteiger partial charge < -0.3 is 14.3 Å². The maximum absolute atomic E-state index is 12.5. The number of carbonyl (C=O) groups is 1. The molecule has 0 aromatic carbocycles. The Labute approximate surface area is 146 Å². The molecule has 2 atom stereocenters. The molecule has 1 N–H and O–H groups in total. The Morgan fingerprint density at radius 2 is 2.08 bits per heavy atom. The van der Waals surface area contributed by atoms with Crippen LogP contribution in [0.25, 0.3) is 0 Å². The van der Waals surface area contributed by atoms with Gasteiger partial charge in [-0.15, -0.1) is 0 Å². The van der Waals surface area contributed by atoms with E-state index in [0.29, 0.717) is 24.1 Å². The zero-order valence-electron chi connectivity index (χ0n) is 14.2. The van der Waals surface area contributed by atoms with Crippen LogP contribution in [0.1, 0.15) is 42.0 Å². The average molecular weight is 341 g/mol. The Bertz CT molecular complexity index is 810. The predicted octanol–water partition coefficient (Wildman–Crippen LogP) is 1.85. The second-order valence-electron chi connectivity index (χ2n) is 6.90. The minimum absolute atomic E-state index is 0.0896. The minimum Gasteiger partial charge on any atom is -0.454 e. The van der Waals surface area contributed by atoms with E-state index in [1.165, 1.54) is 18.9 Å². The van der Waals surface area contributed by atoms with Crippen molar-refractivity contribution in [3.63, 3.8) is 0 Å². The number of furan rings is 1. The number of nitrogens with zero attached hydrogens (tertiary/aromatic N) is 2. The van der Waals surface area contributed by atoms with E-state index in [9.17, 15) is 9.59 Å². The maximum Gasteiger partial charge on any atom is 0.287 e. The van der Waals surface area contributed by atoms with Crippen LogP contribution in [0.4, 0.5) is 0 Å². The number of carbonyl (C=O) groups excluding carboxylic acids is 1. The Kier molecular flexibility index (Phi) is 4.44. The fraction of sp³-hybridized carbons (Fsp3) is 0.474. The van der Waals surface area contributed by atoms with Gasteiger partial charge in [0.15, 0.2) is 5.76 Å². The molecule has 0 aliphatic carbocycles. The molecule has 4 heterocycles. The van der Waals surface area contributed by atoms with Crippen LogP contribution in [0.2, 0.25) is 0 Å². The molecule has 2 fully saturated rings. The third-order valence-electron chi connectivity index (χ3n) is 5.28. The second kappa shape index (κ2) is 6.88. The third kappa shape index (κ3) is 3.39. The smallest absolute Gasteiger partial charge is 0.287 e. The van der Waals surface area contributed by atoms with Gasteiger partial charge in [0.25, 0.3) is 11.5 Å². The molecule has 1 amide bonds. The lowest BCUT2D eigenvalue weighted by atomic mass is 9.99. The van der Waals surface area contributed by atoms with Gasteiger partial charge in [0.1, 0.15) is 5.76 Å². The molecule has 0 unspecified atom stereocenters. The van der Waals surface area contributed by atoms with Crippen molar-refractivity contribution in [2.75, 3.05) is 13.1 Å². The predicted molar refractivity (Wildman–Crippen MR) is 93.6 cm³/mol. The molecule has 0 saturated carbocycles. The first-order valence-corrected chi connectivity index (χ1v) is 9.00. The average Bonchev–Trinajstić information content (AvgIpc) is 3.25. The monoisotopic (exact) mass is 341 g/mol. The lowest BCUT2D eigenvalue weighted by molar-refractivity contribution is 0.0885. The summed E-state index contributed by atoms with van der Waals surface area (Å²) in [7, 11) is 0. The van der Waals surface area contributed by atoms with Gasteiger partial charge in [0.2, 0.25) is 0 Å². The molecule has 0 spiro atoms. The molecule has 0 bridgehead atoms. The van der Waals surface area contributed by atoms with Gasteiger partial charge in [0, 0.05) is 30.9 Å². The Hall–Kier alpha value is -2.34. The van der Waals surface area contributed by atoms with Crippen molar-refractivity contribution >= 4 is 5.91 Å². The Morgan fingerprint density at radius 3 is 2.96 bits per heavy atom. The van der Waals surface area contributed by atoms with Crippen molar-refractivity contribution in [3.8, 4) is 0 Å². The fourth-order valence-electron chi connectivity index (χ4n) is 4.00. The van der Waals surface area contributed by atoms with Crippen molar-refractivity contribution < 1.29 is 9.21 Å². The summed E-state index contributed by atoms with van der Waals surface area (Å²) in [6.45, 7) is 2.54. The van der Waals surface area contributed by atoms with Crippen LogP contribution in [0.3, 0.4) is 0 Å². The van der Waals surface area contributed by atoms with Crippen LogP contribution in [-0.4, -0.2) is 40.5 Å². The van der Waals surface area contributed by atoms with Gasteiger partial charge >= 0.3 is 0 Å². The van der Waals surface area contributed by atoms with E-state index in [4.69, 9.17) is 4.42 Å². The molecule has 132 valence electrons. The summed E-state index contributed by atoms with van der Waals surface area (Å²) in [5, 5.41) is 3.14. The van der Waals surface area contributed by atoms with E-state index in [-0.39, 0.29) is 17.5 Å². The van der Waals surface area contributed by atoms with Gasteiger partial charge in [-0.3, -0.25) is 14.5 Å². The Morgan fingerprint density at radius 1 is 1.16 bits per heavy atom. The van der Waals surface area contributed by atoms with E-state index in [2.05, 4.69) is 10.2 Å². The third-order valence-corrected chi connectivity index (χ3v) is 5.28. The maximum atomic E-state index is 12.5. The highest BCUT2D eigenvalue weighted by Gasteiger charge is 2.36. The molecular formula is C19H23N3O3. The highest BCUT2D eigenvalue weighted by molar-refractivity contribution is 5.91. The number of hydrogen-bond donors (Lipinski definition) is 1. The molecule has 6 nitrogen and oxygen atoms in total. The van der Waals surface area contributed by atoms with Crippen LogP contribution < -0.4 is 10.9 Å². The van der Waals surface area contributed by atoms with E-state index in [0.717, 1.165) is 25.9 Å². The van der Waals surface area contributed by atoms with Crippen LogP contribution in [0.15, 0.2) is 45.7 Å². The van der Waals surface area contributed by atoms with Gasteiger partial charge in [-0.25, -0.2) is 0 Å². The molecule has 4 rings (SSSR count). The zero-order valence-corrected chi connectivity index (χ0v) is 14.2. The first-order chi connectivity index (χ1) is 12.2. The number of piperidine rings is 1. The van der Waals surface area contributed by atoms with Crippen LogP contribution in [-0.2, 0) is 6.54 Å². The fourth-order valence-corrected chi connectivity index (χ4v) is 4.00. The molecule has 2 aliphatic heterocycles. The summed E-state index contributed by atoms with van der Waals surface area (Å²) in [6.07, 6.45) is 6.37. The molecule has 2 aromatic rings. The van der Waals surface area contributed by atoms with Crippen LogP contribution in [0, 0.1) is 0 Å². The van der Waals surface area contributed by atoms with E-state index >= 15 is 0 Å². The number of fused-ring (bicyclic) bond motifs is 1. The lowest BCUT2D eigenvalue weighted by Gasteiger charge is -2.32. The van der Waals surface area contributed by atoms with E-state index < -0.39 is 0 Å². The molecule has 0 radical (unpaired) electrons. The van der Waals surface area contributed by atoms with Gasteiger partial charge in [-0.1, -0.05) is 12.5 Å². The first kappa shape index (κ1) is 16.1. The number of pyridine rings is 1. The quantitative estimate of drug-likeness (QED) is 0.921. The van der Waals surface area contributed by atoms with Gasteiger partial charge in [-0.05, 0) is 44.0 Å². The van der Waals surface area contributed by atoms with Gasteiger partial charge in [0.05, 0.1) is 6.54 Å². The molecule has 25 heavy (non-hydrogen) atoms. The summed E-state index contributed by atoms with van der Waals surface area (Å²) in [4.78, 5) is 26.8. The van der Waals surface area contributed by atoms with Crippen molar-refractivity contribution in [2.24, 2.45) is 0 Å². The number of rotatable bonds is 4. The summed E-state index contributed by atoms with van der Waals surface area (Å²) in [5.74, 6) is 0.751. The highest BCUT2D eigenvalue weighted by atomic mass is 16.4. The zero-order chi connectivity index (χ0) is 17.2. The van der Waals surface area contributed by atoms with Crippen LogP contribution in [0.5, 0.6) is 0 Å². The summed E-state index contributed by atoms with van der Waals surface area (Å²) in [6, 6.07) is 9.13. The Balaban J connectivity index is 1.41. The van der Waals surface area contributed by atoms with Crippen molar-refractivity contribution in [1.29, 1.82) is 0 Å². The normalized spacial score (nSPS) is 23.4. The lowest BCUT2D eigenvalue weighted by Crippen LogP contribution is -2.46. The van der Waals surface area contributed by atoms with E-state index in [1.54, 1.807) is 35.0 Å². The second-order valence-corrected chi connectivity index (χ2v) is 6.90. The topological polar surface area (TPSA) is 67.5 Å². The van der Waals surface area contributed by atoms with Crippen molar-refractivity contribution in [3.05, 3.63) is 58.4 Å². The SMILES string of the molecule is O=C(N[C@H]1CCN2CCCC[C@H]12)c1ccc(Cn2ccccc2=O)o1. The standard InChI is InChI=1S/C19H23N3O3/c23-18-6-2-4-11-22(18)13-14-7-8-17(25-14)19(24)20-15-9-12-21-10-3-1-5-16(15)21/h2,4,6-8,11,15-16H,1,3,5,9-10,12-13H2,(H,20,24)/t15-,16+/m0/s1. The molecule has 2 aliphatic rings. The van der Waals surface area contributed by atoms with Crippen LogP contribution >= 0.6 is 0 Å². The highest BCUT2D eigenvalue weighted by Crippen LogP contribution is 2.27. The van der Waals surface area contributed by atoms with Gasteiger partial charge in [-0.2, -0.15) is 0 Å². The van der Waals surface area contributed by atoms with Crippen molar-refractivity contribution in [1.82, 2.24) is 14.8 Å². The largest absolute Gasteiger partial charge is 0.454 e. The molecule has 2 aromatic heterocycles. The minimum atomic E-state index is -0.163. The number of aromatic nitrogens is 1. The number of nitrogens with one attached hydrogen (secondary N) is 1. The van der Waals surface area contributed by atoms with Crippen molar-refractivity contribution in [2.45, 2.75) is 44.3 Å². The first-order valence-electron chi connectivity index (χ1n) is 9.00. The summed E-state index contributed by atoms with van der Waals surface area (Å²) >= 11 is 0. The van der Waals surface area contributed by atoms with E-state index in [1.807, 2.05) is 0 Å². The number of amides is 1. The number of hydrogen-bond acceptors (Lipinski definition) is 4. The molecule has 2 saturated heterocycles.